The molecule has 0 saturated heterocycles. The molecule has 0 saturated carbocycles. The van der Waals surface area contributed by atoms with E-state index in [2.05, 4.69) is 11.9 Å². The zero-order valence-electron chi connectivity index (χ0n) is 16.9. The number of halogens is 1. The summed E-state index contributed by atoms with van der Waals surface area (Å²) >= 11 is 5.97. The number of aromatic nitrogens is 1. The summed E-state index contributed by atoms with van der Waals surface area (Å²) in [6, 6.07) is 17.6. The van der Waals surface area contributed by atoms with Crippen molar-refractivity contribution in [2.45, 2.75) is 32.3 Å². The third kappa shape index (κ3) is 5.21. The van der Waals surface area contributed by atoms with Gasteiger partial charge in [0.1, 0.15) is 0 Å². The molecule has 2 N–H and O–H groups in total. The average molecular weight is 421 g/mol. The monoisotopic (exact) mass is 420 g/mol. The van der Waals surface area contributed by atoms with Gasteiger partial charge < -0.3 is 10.5 Å². The van der Waals surface area contributed by atoms with Crippen LogP contribution in [0.15, 0.2) is 73.1 Å². The maximum Gasteiger partial charge on any atom is 0.174 e. The van der Waals surface area contributed by atoms with Gasteiger partial charge in [-0.1, -0.05) is 67.4 Å². The van der Waals surface area contributed by atoms with Crippen LogP contribution in [0.2, 0.25) is 5.02 Å². The number of rotatable bonds is 9. The molecule has 3 aromatic rings. The largest absolute Gasteiger partial charge is 0.387 e. The van der Waals surface area contributed by atoms with Crippen LogP contribution in [0.5, 0.6) is 0 Å². The van der Waals surface area contributed by atoms with Gasteiger partial charge in [0.25, 0.3) is 0 Å². The molecule has 1 aromatic heterocycles. The number of aryl methyl sites for hydroxylation is 1. The van der Waals surface area contributed by atoms with Crippen LogP contribution in [0.3, 0.4) is 0 Å². The number of aliphatic hydroxyl groups is 1. The normalized spacial score (nSPS) is 12.9. The molecule has 2 aromatic carbocycles. The molecule has 0 aliphatic carbocycles. The highest BCUT2D eigenvalue weighted by Gasteiger charge is 2.33. The summed E-state index contributed by atoms with van der Waals surface area (Å²) in [5.74, 6) is -1.36. The van der Waals surface area contributed by atoms with E-state index in [1.165, 1.54) is 11.8 Å². The molecule has 0 spiro atoms. The second-order valence-corrected chi connectivity index (χ2v) is 7.73. The van der Waals surface area contributed by atoms with Crippen LogP contribution in [-0.2, 0) is 6.42 Å². The fourth-order valence-corrected chi connectivity index (χ4v) is 3.51. The van der Waals surface area contributed by atoms with Gasteiger partial charge in [-0.25, -0.2) is 0 Å². The van der Waals surface area contributed by atoms with Crippen LogP contribution < -0.4 is 0 Å². The maximum atomic E-state index is 13.4. The van der Waals surface area contributed by atoms with E-state index in [1.807, 2.05) is 12.1 Å². The summed E-state index contributed by atoms with van der Waals surface area (Å²) < 4.78 is 0. The number of hydrogen-bond acceptors (Lipinski definition) is 4. The Morgan fingerprint density at radius 3 is 2.33 bits per heavy atom. The average Bonchev–Trinajstić information content (AvgIpc) is 2.79. The lowest BCUT2D eigenvalue weighted by Crippen LogP contribution is -2.31. The Hall–Kier alpha value is -2.82. The number of unbranched alkanes of at least 4 members (excludes halogenated alkanes) is 1. The lowest BCUT2D eigenvalue weighted by Gasteiger charge is -2.23. The third-order valence-electron chi connectivity index (χ3n) is 5.15. The summed E-state index contributed by atoms with van der Waals surface area (Å²) in [6.07, 6.45) is 5.11. The van der Waals surface area contributed by atoms with Crippen molar-refractivity contribution in [3.63, 3.8) is 0 Å². The molecule has 30 heavy (non-hydrogen) atoms. The molecule has 154 valence electrons. The minimum absolute atomic E-state index is 0.0445. The molecular formula is C25H25ClN2O2. The van der Waals surface area contributed by atoms with E-state index >= 15 is 0 Å². The summed E-state index contributed by atoms with van der Waals surface area (Å²) in [6.45, 7) is 2.14. The molecule has 3 rings (SSSR count). The summed E-state index contributed by atoms with van der Waals surface area (Å²) in [5.41, 5.74) is 2.73. The van der Waals surface area contributed by atoms with Crippen molar-refractivity contribution in [2.75, 3.05) is 0 Å². The summed E-state index contributed by atoms with van der Waals surface area (Å²) in [5, 5.41) is 20.3. The molecule has 5 heteroatoms. The number of pyridine rings is 1. The van der Waals surface area contributed by atoms with Crippen LogP contribution >= 0.6 is 11.6 Å². The Balaban J connectivity index is 1.94. The van der Waals surface area contributed by atoms with Crippen LogP contribution in [0.1, 0.15) is 52.9 Å². The van der Waals surface area contributed by atoms with Crippen LogP contribution in [-0.4, -0.2) is 21.6 Å². The van der Waals surface area contributed by atoms with Crippen molar-refractivity contribution in [1.82, 2.24) is 4.98 Å². The molecule has 0 fully saturated rings. The van der Waals surface area contributed by atoms with E-state index in [4.69, 9.17) is 17.0 Å². The van der Waals surface area contributed by atoms with E-state index in [9.17, 15) is 9.90 Å². The van der Waals surface area contributed by atoms with Gasteiger partial charge in [-0.05, 0) is 47.7 Å². The number of ketones is 1. The van der Waals surface area contributed by atoms with Crippen molar-refractivity contribution in [2.24, 2.45) is 5.92 Å². The number of Topliss-reactive ketones (excluding diaryl/α,β-unsaturated/α-hetero) is 1. The lowest BCUT2D eigenvalue weighted by molar-refractivity contribution is 0.0793. The number of nitrogens with one attached hydrogen (secondary N) is 1. The van der Waals surface area contributed by atoms with Crippen molar-refractivity contribution >= 4 is 23.1 Å². The van der Waals surface area contributed by atoms with Gasteiger partial charge in [-0.2, -0.15) is 0 Å². The molecule has 4 nitrogen and oxygen atoms in total. The molecule has 1 heterocycles. The van der Waals surface area contributed by atoms with Gasteiger partial charge in [0, 0.05) is 23.0 Å². The third-order valence-corrected chi connectivity index (χ3v) is 5.40. The molecule has 0 radical (unpaired) electrons. The molecule has 0 aliphatic heterocycles. The predicted octanol–water partition coefficient (Wildman–Crippen LogP) is 5.68. The number of aliphatic hydroxyl groups excluding tert-OH is 1. The van der Waals surface area contributed by atoms with Crippen LogP contribution in [0.4, 0.5) is 0 Å². The van der Waals surface area contributed by atoms with E-state index in [1.54, 1.807) is 54.7 Å². The zero-order chi connectivity index (χ0) is 21.5. The fourth-order valence-electron chi connectivity index (χ4n) is 3.38. The standard InChI is InChI=1S/C25H25ClN2O2/c1-2-3-5-17-7-9-19(10-8-17)24(29)22(25(30)20-6-4-15-28-16-20)23(27)18-11-13-21(26)14-12-18/h4,6-16,22,25,27,30H,2-3,5H2,1H3. The van der Waals surface area contributed by atoms with E-state index in [-0.39, 0.29) is 11.5 Å². The van der Waals surface area contributed by atoms with Gasteiger partial charge in [0.2, 0.25) is 0 Å². The van der Waals surface area contributed by atoms with Gasteiger partial charge in [-0.3, -0.25) is 9.78 Å². The summed E-state index contributed by atoms with van der Waals surface area (Å²) in [4.78, 5) is 17.5. The quantitative estimate of drug-likeness (QED) is 0.345. The lowest BCUT2D eigenvalue weighted by atomic mass is 9.82. The highest BCUT2D eigenvalue weighted by molar-refractivity contribution is 6.30. The van der Waals surface area contributed by atoms with Crippen molar-refractivity contribution in [3.8, 4) is 0 Å². The Morgan fingerprint density at radius 2 is 1.73 bits per heavy atom. The SMILES string of the molecule is CCCCc1ccc(C(=O)C(C(=N)c2ccc(Cl)cc2)C(O)c2cccnc2)cc1. The Morgan fingerprint density at radius 1 is 1.07 bits per heavy atom. The van der Waals surface area contributed by atoms with Crippen molar-refractivity contribution in [3.05, 3.63) is 100 Å². The van der Waals surface area contributed by atoms with Crippen LogP contribution in [0, 0.1) is 11.3 Å². The second-order valence-electron chi connectivity index (χ2n) is 7.29. The predicted molar refractivity (Wildman–Crippen MR) is 120 cm³/mol. The number of carbonyl (C=O) groups excluding carboxylic acids is 1. The highest BCUT2D eigenvalue weighted by Crippen LogP contribution is 2.29. The Labute approximate surface area is 182 Å². The first kappa shape index (κ1) is 21.9. The highest BCUT2D eigenvalue weighted by atomic mass is 35.5. The molecule has 2 unspecified atom stereocenters. The summed E-state index contributed by atoms with van der Waals surface area (Å²) in [7, 11) is 0. The molecule has 0 amide bonds. The van der Waals surface area contributed by atoms with Gasteiger partial charge in [0.15, 0.2) is 5.78 Å². The molecular weight excluding hydrogens is 396 g/mol. The number of benzene rings is 2. The van der Waals surface area contributed by atoms with Gasteiger partial charge >= 0.3 is 0 Å². The Kier molecular flexibility index (Phi) is 7.50. The van der Waals surface area contributed by atoms with Gasteiger partial charge in [-0.15, -0.1) is 0 Å². The van der Waals surface area contributed by atoms with E-state index in [0.29, 0.717) is 21.7 Å². The van der Waals surface area contributed by atoms with Gasteiger partial charge in [0.05, 0.1) is 17.7 Å². The topological polar surface area (TPSA) is 74.0 Å². The first-order valence-electron chi connectivity index (χ1n) is 10.1. The van der Waals surface area contributed by atoms with Crippen molar-refractivity contribution < 1.29 is 9.90 Å². The zero-order valence-corrected chi connectivity index (χ0v) is 17.6. The molecule has 2 atom stereocenters. The Bertz CT molecular complexity index is 986. The van der Waals surface area contributed by atoms with E-state index in [0.717, 1.165) is 19.3 Å². The smallest absolute Gasteiger partial charge is 0.174 e. The van der Waals surface area contributed by atoms with Crippen LogP contribution in [0.25, 0.3) is 0 Å². The minimum Gasteiger partial charge on any atom is -0.387 e. The molecule has 0 bridgehead atoms. The van der Waals surface area contributed by atoms with Crippen molar-refractivity contribution in [1.29, 1.82) is 5.41 Å². The van der Waals surface area contributed by atoms with E-state index < -0.39 is 12.0 Å². The number of carbonyl (C=O) groups is 1. The minimum atomic E-state index is -1.19. The number of hydrogen-bond donors (Lipinski definition) is 2. The first-order valence-corrected chi connectivity index (χ1v) is 10.4. The second kappa shape index (κ2) is 10.3. The fraction of sp³-hybridized carbons (Fsp3) is 0.240. The number of nitrogens with zero attached hydrogens (tertiary/aromatic N) is 1. The first-order chi connectivity index (χ1) is 14.5. The maximum absolute atomic E-state index is 13.4. The molecule has 0 aliphatic rings.